The number of hydrogen-bond donors (Lipinski definition) is 1. The van der Waals surface area contributed by atoms with Crippen molar-refractivity contribution in [3.63, 3.8) is 0 Å². The normalized spacial score (nSPS) is 13.6. The molecule has 0 bridgehead atoms. The number of nitrogens with zero attached hydrogens (tertiary/aromatic N) is 1. The lowest BCUT2D eigenvalue weighted by Crippen LogP contribution is -2.15. The third-order valence-corrected chi connectivity index (χ3v) is 4.16. The smallest absolute Gasteiger partial charge is 0.163 e. The average molecular weight is 349 g/mol. The topological polar surface area (TPSA) is 47.1 Å². The zero-order valence-corrected chi connectivity index (χ0v) is 12.4. The molecule has 0 unspecified atom stereocenters. The number of imidazole rings is 1. The maximum atomic E-state index is 13.6. The highest BCUT2D eigenvalue weighted by atomic mass is 79.9. The molecule has 0 atom stereocenters. The molecule has 1 N–H and O–H groups in total. The van der Waals surface area contributed by atoms with E-state index in [0.717, 1.165) is 11.0 Å². The fraction of sp³-hybridized carbons (Fsp3) is 0.133. The van der Waals surface area contributed by atoms with Gasteiger partial charge in [-0.2, -0.15) is 0 Å². The number of ether oxygens (including phenoxy) is 2. The Balaban J connectivity index is 1.89. The first-order valence-electron chi connectivity index (χ1n) is 6.46. The van der Waals surface area contributed by atoms with Crippen LogP contribution in [0, 0.1) is 5.82 Å². The van der Waals surface area contributed by atoms with Crippen molar-refractivity contribution in [3.05, 3.63) is 40.6 Å². The summed E-state index contributed by atoms with van der Waals surface area (Å²) in [6.45, 7) is 1.07. The first kappa shape index (κ1) is 12.6. The van der Waals surface area contributed by atoms with Gasteiger partial charge in [0.15, 0.2) is 11.5 Å². The van der Waals surface area contributed by atoms with Crippen molar-refractivity contribution in [2.24, 2.45) is 0 Å². The van der Waals surface area contributed by atoms with Crippen molar-refractivity contribution < 1.29 is 13.9 Å². The van der Waals surface area contributed by atoms with Crippen molar-refractivity contribution in [1.29, 1.82) is 0 Å². The summed E-state index contributed by atoms with van der Waals surface area (Å²) in [4.78, 5) is 7.69. The summed E-state index contributed by atoms with van der Waals surface area (Å²) in [5.74, 6) is 1.66. The number of halogens is 2. The minimum atomic E-state index is -0.320. The molecule has 0 amide bonds. The van der Waals surface area contributed by atoms with E-state index < -0.39 is 0 Å². The molecule has 21 heavy (non-hydrogen) atoms. The van der Waals surface area contributed by atoms with Gasteiger partial charge in [-0.1, -0.05) is 6.07 Å². The van der Waals surface area contributed by atoms with Gasteiger partial charge in [0.1, 0.15) is 24.9 Å². The van der Waals surface area contributed by atoms with E-state index in [1.54, 1.807) is 12.1 Å². The number of aromatic amines is 1. The van der Waals surface area contributed by atoms with Crippen LogP contribution in [0.2, 0.25) is 0 Å². The Hall–Kier alpha value is -2.08. The van der Waals surface area contributed by atoms with Gasteiger partial charge in [0.25, 0.3) is 0 Å². The molecule has 1 aliphatic rings. The summed E-state index contributed by atoms with van der Waals surface area (Å²) in [6.07, 6.45) is 0. The van der Waals surface area contributed by atoms with Crippen molar-refractivity contribution in [2.75, 3.05) is 13.2 Å². The molecule has 0 saturated heterocycles. The molecule has 3 aromatic rings. The van der Waals surface area contributed by atoms with E-state index in [1.807, 2.05) is 12.1 Å². The molecule has 4 rings (SSSR count). The fourth-order valence-corrected chi connectivity index (χ4v) is 2.81. The van der Waals surface area contributed by atoms with Gasteiger partial charge in [0.05, 0.1) is 15.5 Å². The van der Waals surface area contributed by atoms with Crippen LogP contribution in [0.15, 0.2) is 34.8 Å². The van der Waals surface area contributed by atoms with Crippen molar-refractivity contribution in [1.82, 2.24) is 9.97 Å². The first-order valence-corrected chi connectivity index (χ1v) is 7.25. The van der Waals surface area contributed by atoms with Crippen molar-refractivity contribution in [3.8, 4) is 22.9 Å². The molecule has 2 aromatic carbocycles. The predicted molar refractivity (Wildman–Crippen MR) is 80.2 cm³/mol. The molecule has 106 valence electrons. The van der Waals surface area contributed by atoms with Gasteiger partial charge in [0.2, 0.25) is 0 Å². The number of nitrogens with one attached hydrogen (secondary N) is 1. The van der Waals surface area contributed by atoms with Crippen LogP contribution < -0.4 is 9.47 Å². The minimum Gasteiger partial charge on any atom is -0.486 e. The van der Waals surface area contributed by atoms with E-state index in [-0.39, 0.29) is 5.82 Å². The van der Waals surface area contributed by atoms with Gasteiger partial charge in [-0.25, -0.2) is 9.37 Å². The standard InChI is InChI=1S/C15H10BrFN2O2/c16-14-8(2-1-3-9(14)17)15-18-10-6-12-13(7-11(10)19-15)21-5-4-20-12/h1-3,6-7H,4-5H2,(H,18,19). The lowest BCUT2D eigenvalue weighted by atomic mass is 10.2. The maximum absolute atomic E-state index is 13.6. The van der Waals surface area contributed by atoms with Crippen LogP contribution in [0.1, 0.15) is 0 Å². The SMILES string of the molecule is Fc1cccc(-c2nc3cc4c(cc3[nH]2)OCCO4)c1Br. The fourth-order valence-electron chi connectivity index (χ4n) is 2.36. The molecular weight excluding hydrogens is 339 g/mol. The number of benzene rings is 2. The number of rotatable bonds is 1. The number of H-pyrrole nitrogens is 1. The third kappa shape index (κ3) is 2.06. The number of aromatic nitrogens is 2. The summed E-state index contributed by atoms with van der Waals surface area (Å²) < 4.78 is 25.1. The average Bonchev–Trinajstić information content (AvgIpc) is 2.90. The van der Waals surface area contributed by atoms with Crippen LogP contribution >= 0.6 is 15.9 Å². The van der Waals surface area contributed by atoms with Gasteiger partial charge in [0, 0.05) is 17.7 Å². The van der Waals surface area contributed by atoms with Gasteiger partial charge >= 0.3 is 0 Å². The summed E-state index contributed by atoms with van der Waals surface area (Å²) in [6, 6.07) is 8.54. The van der Waals surface area contributed by atoms with Crippen LogP contribution in [0.4, 0.5) is 4.39 Å². The molecule has 2 heterocycles. The second-order valence-electron chi connectivity index (χ2n) is 4.70. The van der Waals surface area contributed by atoms with E-state index in [9.17, 15) is 4.39 Å². The second kappa shape index (κ2) is 4.73. The van der Waals surface area contributed by atoms with Crippen molar-refractivity contribution >= 4 is 27.0 Å². The number of hydrogen-bond acceptors (Lipinski definition) is 3. The monoisotopic (exact) mass is 348 g/mol. The molecule has 4 nitrogen and oxygen atoms in total. The van der Waals surface area contributed by atoms with E-state index in [4.69, 9.17) is 9.47 Å². The minimum absolute atomic E-state index is 0.320. The molecule has 0 radical (unpaired) electrons. The molecule has 0 spiro atoms. The van der Waals surface area contributed by atoms with Gasteiger partial charge < -0.3 is 14.5 Å². The Morgan fingerprint density at radius 2 is 1.90 bits per heavy atom. The quantitative estimate of drug-likeness (QED) is 0.725. The first-order chi connectivity index (χ1) is 10.2. The van der Waals surface area contributed by atoms with E-state index in [1.165, 1.54) is 6.07 Å². The van der Waals surface area contributed by atoms with E-state index in [0.29, 0.717) is 40.6 Å². The summed E-state index contributed by atoms with van der Waals surface area (Å²) in [5.41, 5.74) is 2.25. The predicted octanol–water partition coefficient (Wildman–Crippen LogP) is 3.90. The van der Waals surface area contributed by atoms with Crippen LogP contribution in [-0.2, 0) is 0 Å². The lowest BCUT2D eigenvalue weighted by molar-refractivity contribution is 0.172. The second-order valence-corrected chi connectivity index (χ2v) is 5.49. The highest BCUT2D eigenvalue weighted by molar-refractivity contribution is 9.10. The Bertz CT molecular complexity index is 804. The molecule has 0 saturated carbocycles. The number of fused-ring (bicyclic) bond motifs is 2. The Morgan fingerprint density at radius 3 is 2.71 bits per heavy atom. The van der Waals surface area contributed by atoms with Crippen LogP contribution in [0.5, 0.6) is 11.5 Å². The maximum Gasteiger partial charge on any atom is 0.163 e. The molecule has 1 aliphatic heterocycles. The van der Waals surface area contributed by atoms with Crippen LogP contribution in [0.3, 0.4) is 0 Å². The zero-order chi connectivity index (χ0) is 14.4. The molecule has 0 fully saturated rings. The Labute approximate surface area is 128 Å². The van der Waals surface area contributed by atoms with E-state index >= 15 is 0 Å². The van der Waals surface area contributed by atoms with Crippen molar-refractivity contribution in [2.45, 2.75) is 0 Å². The molecule has 1 aromatic heterocycles. The molecule has 0 aliphatic carbocycles. The Kier molecular flexibility index (Phi) is 2.85. The largest absolute Gasteiger partial charge is 0.486 e. The van der Waals surface area contributed by atoms with Crippen LogP contribution in [0.25, 0.3) is 22.4 Å². The van der Waals surface area contributed by atoms with Crippen LogP contribution in [-0.4, -0.2) is 23.2 Å². The lowest BCUT2D eigenvalue weighted by Gasteiger charge is -2.17. The highest BCUT2D eigenvalue weighted by Crippen LogP contribution is 2.36. The van der Waals surface area contributed by atoms with E-state index in [2.05, 4.69) is 25.9 Å². The summed E-state index contributed by atoms with van der Waals surface area (Å²) in [7, 11) is 0. The van der Waals surface area contributed by atoms with Gasteiger partial charge in [-0.05, 0) is 28.1 Å². The third-order valence-electron chi connectivity index (χ3n) is 3.35. The van der Waals surface area contributed by atoms with Gasteiger partial charge in [-0.3, -0.25) is 0 Å². The zero-order valence-electron chi connectivity index (χ0n) is 10.8. The summed E-state index contributed by atoms with van der Waals surface area (Å²) in [5, 5.41) is 0. The Morgan fingerprint density at radius 1 is 1.14 bits per heavy atom. The van der Waals surface area contributed by atoms with Gasteiger partial charge in [-0.15, -0.1) is 0 Å². The summed E-state index contributed by atoms with van der Waals surface area (Å²) >= 11 is 3.26. The highest BCUT2D eigenvalue weighted by Gasteiger charge is 2.16. The molecular formula is C15H10BrFN2O2. The molecule has 6 heteroatoms.